The number of benzene rings is 2. The van der Waals surface area contributed by atoms with Crippen molar-refractivity contribution in [3.05, 3.63) is 59.7 Å². The van der Waals surface area contributed by atoms with Gasteiger partial charge in [0.25, 0.3) is 0 Å². The Labute approximate surface area is 176 Å². The summed E-state index contributed by atoms with van der Waals surface area (Å²) in [5.41, 5.74) is 2.11. The summed E-state index contributed by atoms with van der Waals surface area (Å²) in [6, 6.07) is 16.2. The summed E-state index contributed by atoms with van der Waals surface area (Å²) >= 11 is 0. The number of hydrogen-bond acceptors (Lipinski definition) is 4. The standard InChI is InChI=1S/C24H27NO5/c1-23(2,3)30-24(21(26)27)13-8-14-25(24)22(28)29-15-20-18-11-6-4-9-16(18)17-10-5-7-12-19(17)20/h4-7,9-12,20H,8,13-15H2,1-3H3,(H,26,27)/t24-/m1/s1. The van der Waals surface area contributed by atoms with Gasteiger partial charge < -0.3 is 14.6 Å². The van der Waals surface area contributed by atoms with Crippen LogP contribution in [-0.4, -0.2) is 46.5 Å². The lowest BCUT2D eigenvalue weighted by Crippen LogP contribution is -2.58. The number of aliphatic carboxylic acids is 1. The molecular weight excluding hydrogens is 382 g/mol. The van der Waals surface area contributed by atoms with Crippen LogP contribution in [-0.2, 0) is 14.3 Å². The van der Waals surface area contributed by atoms with Crippen molar-refractivity contribution < 1.29 is 24.2 Å². The number of rotatable bonds is 4. The van der Waals surface area contributed by atoms with E-state index in [-0.39, 0.29) is 18.9 Å². The zero-order valence-electron chi connectivity index (χ0n) is 17.6. The van der Waals surface area contributed by atoms with Crippen LogP contribution in [0.3, 0.4) is 0 Å². The molecule has 2 aromatic rings. The third kappa shape index (κ3) is 3.45. The zero-order valence-corrected chi connectivity index (χ0v) is 17.6. The van der Waals surface area contributed by atoms with Gasteiger partial charge in [0.05, 0.1) is 5.60 Å². The first-order chi connectivity index (χ1) is 14.2. The number of fused-ring (bicyclic) bond motifs is 3. The second-order valence-corrected chi connectivity index (χ2v) is 8.86. The van der Waals surface area contributed by atoms with Gasteiger partial charge in [0.1, 0.15) is 6.61 Å². The molecular formula is C24H27NO5. The Hall–Kier alpha value is -2.86. The van der Waals surface area contributed by atoms with Gasteiger partial charge >= 0.3 is 12.1 Å². The third-order valence-electron chi connectivity index (χ3n) is 5.70. The van der Waals surface area contributed by atoms with Crippen molar-refractivity contribution in [2.24, 2.45) is 0 Å². The van der Waals surface area contributed by atoms with Crippen LogP contribution in [0.15, 0.2) is 48.5 Å². The van der Waals surface area contributed by atoms with E-state index >= 15 is 0 Å². The molecule has 0 radical (unpaired) electrons. The fourth-order valence-corrected chi connectivity index (χ4v) is 4.58. The number of ether oxygens (including phenoxy) is 2. The average Bonchev–Trinajstić information content (AvgIpc) is 3.25. The summed E-state index contributed by atoms with van der Waals surface area (Å²) in [5.74, 6) is -1.24. The predicted molar refractivity (Wildman–Crippen MR) is 112 cm³/mol. The monoisotopic (exact) mass is 409 g/mol. The van der Waals surface area contributed by atoms with Crippen molar-refractivity contribution in [3.8, 4) is 11.1 Å². The molecule has 1 saturated heterocycles. The van der Waals surface area contributed by atoms with E-state index in [1.165, 1.54) is 4.90 Å². The Morgan fingerprint density at radius 2 is 1.63 bits per heavy atom. The Kier molecular flexibility index (Phi) is 5.06. The third-order valence-corrected chi connectivity index (χ3v) is 5.70. The van der Waals surface area contributed by atoms with Gasteiger partial charge in [-0.1, -0.05) is 48.5 Å². The van der Waals surface area contributed by atoms with E-state index in [9.17, 15) is 14.7 Å². The zero-order chi connectivity index (χ0) is 21.5. The summed E-state index contributed by atoms with van der Waals surface area (Å²) in [5, 5.41) is 9.91. The van der Waals surface area contributed by atoms with E-state index in [1.807, 2.05) is 36.4 Å². The molecule has 6 nitrogen and oxygen atoms in total. The summed E-state index contributed by atoms with van der Waals surface area (Å²) < 4.78 is 11.6. The van der Waals surface area contributed by atoms with Gasteiger partial charge in [-0.3, -0.25) is 4.90 Å². The molecule has 0 aromatic heterocycles. The maximum Gasteiger partial charge on any atom is 0.412 e. The quantitative estimate of drug-likeness (QED) is 0.797. The second kappa shape index (κ2) is 7.43. The lowest BCUT2D eigenvalue weighted by Gasteiger charge is -2.38. The highest BCUT2D eigenvalue weighted by molar-refractivity contribution is 5.84. The molecule has 0 saturated carbocycles. The van der Waals surface area contributed by atoms with Crippen molar-refractivity contribution in [2.75, 3.05) is 13.2 Å². The Morgan fingerprint density at radius 3 is 2.17 bits per heavy atom. The fraction of sp³-hybridized carbons (Fsp3) is 0.417. The maximum absolute atomic E-state index is 13.0. The van der Waals surface area contributed by atoms with E-state index in [1.54, 1.807) is 20.8 Å². The molecule has 1 amide bonds. The molecule has 30 heavy (non-hydrogen) atoms. The molecule has 1 aliphatic carbocycles. The summed E-state index contributed by atoms with van der Waals surface area (Å²) in [7, 11) is 0. The minimum absolute atomic E-state index is 0.0771. The van der Waals surface area contributed by atoms with Crippen LogP contribution in [0, 0.1) is 0 Å². The molecule has 158 valence electrons. The van der Waals surface area contributed by atoms with Gasteiger partial charge in [0.2, 0.25) is 5.72 Å². The van der Waals surface area contributed by atoms with Gasteiger partial charge in [0.15, 0.2) is 0 Å². The van der Waals surface area contributed by atoms with E-state index < -0.39 is 23.4 Å². The number of hydrogen-bond donors (Lipinski definition) is 1. The molecule has 4 rings (SSSR count). The average molecular weight is 409 g/mol. The molecule has 0 bridgehead atoms. The number of carbonyl (C=O) groups is 2. The first-order valence-electron chi connectivity index (χ1n) is 10.3. The highest BCUT2D eigenvalue weighted by Gasteiger charge is 2.54. The lowest BCUT2D eigenvalue weighted by molar-refractivity contribution is -0.211. The van der Waals surface area contributed by atoms with Gasteiger partial charge in [0, 0.05) is 18.9 Å². The van der Waals surface area contributed by atoms with Crippen molar-refractivity contribution in [3.63, 3.8) is 0 Å². The number of nitrogens with zero attached hydrogens (tertiary/aromatic N) is 1. The molecule has 6 heteroatoms. The van der Waals surface area contributed by atoms with Crippen LogP contribution in [0.25, 0.3) is 11.1 Å². The van der Waals surface area contributed by atoms with Crippen LogP contribution in [0.4, 0.5) is 4.79 Å². The Balaban J connectivity index is 1.56. The van der Waals surface area contributed by atoms with Crippen molar-refractivity contribution in [2.45, 2.75) is 50.9 Å². The highest BCUT2D eigenvalue weighted by atomic mass is 16.6. The normalized spacial score (nSPS) is 20.7. The fourth-order valence-electron chi connectivity index (χ4n) is 4.58. The number of carbonyl (C=O) groups excluding carboxylic acids is 1. The smallest absolute Gasteiger partial charge is 0.412 e. The molecule has 0 spiro atoms. The highest BCUT2D eigenvalue weighted by Crippen LogP contribution is 2.44. The number of likely N-dealkylation sites (tertiary alicyclic amines) is 1. The van der Waals surface area contributed by atoms with Crippen molar-refractivity contribution in [1.29, 1.82) is 0 Å². The molecule has 1 aliphatic heterocycles. The van der Waals surface area contributed by atoms with E-state index in [4.69, 9.17) is 9.47 Å². The maximum atomic E-state index is 13.0. The van der Waals surface area contributed by atoms with E-state index in [0.717, 1.165) is 22.3 Å². The summed E-state index contributed by atoms with van der Waals surface area (Å²) in [4.78, 5) is 26.4. The molecule has 1 heterocycles. The first-order valence-corrected chi connectivity index (χ1v) is 10.3. The minimum atomic E-state index is -1.69. The van der Waals surface area contributed by atoms with Crippen LogP contribution in [0.2, 0.25) is 0 Å². The van der Waals surface area contributed by atoms with Crippen LogP contribution in [0.1, 0.15) is 50.7 Å². The molecule has 1 fully saturated rings. The SMILES string of the molecule is CC(C)(C)O[C@@]1(C(=O)O)CCCN1C(=O)OCC1c2ccccc2-c2ccccc21. The van der Waals surface area contributed by atoms with Crippen molar-refractivity contribution >= 4 is 12.1 Å². The summed E-state index contributed by atoms with van der Waals surface area (Å²) in [6.45, 7) is 5.79. The number of amides is 1. The molecule has 1 N–H and O–H groups in total. The minimum Gasteiger partial charge on any atom is -0.478 e. The first kappa shape index (κ1) is 20.4. The Bertz CT molecular complexity index is 934. The molecule has 0 unspecified atom stereocenters. The lowest BCUT2D eigenvalue weighted by atomic mass is 9.98. The number of carboxylic acids is 1. The molecule has 1 atom stereocenters. The second-order valence-electron chi connectivity index (χ2n) is 8.86. The van der Waals surface area contributed by atoms with Gasteiger partial charge in [-0.15, -0.1) is 0 Å². The molecule has 2 aromatic carbocycles. The van der Waals surface area contributed by atoms with E-state index in [0.29, 0.717) is 13.0 Å². The summed E-state index contributed by atoms with van der Waals surface area (Å²) in [6.07, 6.45) is 0.136. The Morgan fingerprint density at radius 1 is 1.07 bits per heavy atom. The van der Waals surface area contributed by atoms with Gasteiger partial charge in [-0.05, 0) is 49.4 Å². The number of carboxylic acid groups (broad SMARTS) is 1. The predicted octanol–water partition coefficient (Wildman–Crippen LogP) is 4.63. The van der Waals surface area contributed by atoms with Gasteiger partial charge in [-0.2, -0.15) is 0 Å². The molecule has 2 aliphatic rings. The van der Waals surface area contributed by atoms with Gasteiger partial charge in [-0.25, -0.2) is 9.59 Å². The topological polar surface area (TPSA) is 76.1 Å². The van der Waals surface area contributed by atoms with Crippen LogP contribution < -0.4 is 0 Å². The van der Waals surface area contributed by atoms with E-state index in [2.05, 4.69) is 12.1 Å². The largest absolute Gasteiger partial charge is 0.478 e. The van der Waals surface area contributed by atoms with Crippen molar-refractivity contribution in [1.82, 2.24) is 4.90 Å². The van der Waals surface area contributed by atoms with Crippen LogP contribution in [0.5, 0.6) is 0 Å². The van der Waals surface area contributed by atoms with Crippen LogP contribution >= 0.6 is 0 Å².